The number of benzene rings is 1. The van der Waals surface area contributed by atoms with Crippen LogP contribution in [0.25, 0.3) is 16.9 Å². The highest BCUT2D eigenvalue weighted by Crippen LogP contribution is 2.29. The van der Waals surface area contributed by atoms with Crippen LogP contribution in [0, 0.1) is 11.3 Å². The summed E-state index contributed by atoms with van der Waals surface area (Å²) >= 11 is 0. The number of aromatic nitrogens is 2. The Morgan fingerprint density at radius 2 is 2.15 bits per heavy atom. The normalized spacial score (nSPS) is 10.4. The SMILES string of the molecule is COc1ccc(-c2nc(C#N)c3ccccn23)cc1N. The van der Waals surface area contributed by atoms with Gasteiger partial charge in [0.05, 0.1) is 18.3 Å². The molecule has 0 unspecified atom stereocenters. The minimum absolute atomic E-state index is 0.398. The predicted octanol–water partition coefficient (Wildman–Crippen LogP) is 2.46. The van der Waals surface area contributed by atoms with E-state index in [4.69, 9.17) is 15.7 Å². The van der Waals surface area contributed by atoms with E-state index in [1.807, 2.05) is 34.9 Å². The van der Waals surface area contributed by atoms with Crippen molar-refractivity contribution in [3.05, 3.63) is 48.3 Å². The van der Waals surface area contributed by atoms with E-state index < -0.39 is 0 Å². The highest BCUT2D eigenvalue weighted by Gasteiger charge is 2.13. The van der Waals surface area contributed by atoms with Crippen LogP contribution < -0.4 is 10.5 Å². The van der Waals surface area contributed by atoms with Crippen LogP contribution in [-0.4, -0.2) is 16.5 Å². The molecule has 0 radical (unpaired) electrons. The first-order valence-corrected chi connectivity index (χ1v) is 6.05. The summed E-state index contributed by atoms with van der Waals surface area (Å²) in [6.45, 7) is 0. The van der Waals surface area contributed by atoms with Gasteiger partial charge in [-0.3, -0.25) is 4.40 Å². The zero-order valence-corrected chi connectivity index (χ0v) is 10.9. The van der Waals surface area contributed by atoms with Gasteiger partial charge in [-0.25, -0.2) is 4.98 Å². The van der Waals surface area contributed by atoms with E-state index in [-0.39, 0.29) is 0 Å². The standard InChI is InChI=1S/C15H12N4O/c1-20-14-6-5-10(8-11(14)17)15-18-12(9-16)13-4-2-3-7-19(13)15/h2-8H,17H2,1H3. The van der Waals surface area contributed by atoms with Gasteiger partial charge in [-0.1, -0.05) is 6.07 Å². The molecule has 0 amide bonds. The molecule has 1 aromatic carbocycles. The van der Waals surface area contributed by atoms with Crippen LogP contribution in [0.4, 0.5) is 5.69 Å². The molecule has 5 nitrogen and oxygen atoms in total. The fourth-order valence-corrected chi connectivity index (χ4v) is 2.20. The number of methoxy groups -OCH3 is 1. The molecule has 0 aliphatic carbocycles. The van der Waals surface area contributed by atoms with E-state index in [1.165, 1.54) is 0 Å². The average molecular weight is 264 g/mol. The Morgan fingerprint density at radius 1 is 1.30 bits per heavy atom. The number of anilines is 1. The lowest BCUT2D eigenvalue weighted by Gasteiger charge is -2.06. The molecule has 2 heterocycles. The summed E-state index contributed by atoms with van der Waals surface area (Å²) in [4.78, 5) is 4.38. The van der Waals surface area contributed by atoms with Gasteiger partial charge in [0.25, 0.3) is 0 Å². The largest absolute Gasteiger partial charge is 0.495 e. The first-order valence-electron chi connectivity index (χ1n) is 6.05. The van der Waals surface area contributed by atoms with Crippen LogP contribution in [-0.2, 0) is 0 Å². The van der Waals surface area contributed by atoms with Crippen LogP contribution in [0.5, 0.6) is 5.75 Å². The van der Waals surface area contributed by atoms with Crippen LogP contribution in [0.1, 0.15) is 5.69 Å². The van der Waals surface area contributed by atoms with E-state index in [0.29, 0.717) is 23.0 Å². The van der Waals surface area contributed by atoms with E-state index >= 15 is 0 Å². The van der Waals surface area contributed by atoms with Crippen molar-refractivity contribution in [2.75, 3.05) is 12.8 Å². The number of hydrogen-bond donors (Lipinski definition) is 1. The molecule has 0 spiro atoms. The zero-order chi connectivity index (χ0) is 14.1. The fourth-order valence-electron chi connectivity index (χ4n) is 2.20. The summed E-state index contributed by atoms with van der Waals surface area (Å²) in [6, 6.07) is 13.2. The first-order chi connectivity index (χ1) is 9.74. The number of nitriles is 1. The van der Waals surface area contributed by atoms with Crippen LogP contribution >= 0.6 is 0 Å². The average Bonchev–Trinajstić information content (AvgIpc) is 2.86. The molecule has 0 saturated heterocycles. The Morgan fingerprint density at radius 3 is 2.85 bits per heavy atom. The van der Waals surface area contributed by atoms with Crippen molar-refractivity contribution < 1.29 is 4.74 Å². The third-order valence-electron chi connectivity index (χ3n) is 3.14. The predicted molar refractivity (Wildman–Crippen MR) is 76.3 cm³/mol. The summed E-state index contributed by atoms with van der Waals surface area (Å²) in [5, 5.41) is 9.16. The van der Waals surface area contributed by atoms with Crippen molar-refractivity contribution in [2.45, 2.75) is 0 Å². The molecular weight excluding hydrogens is 252 g/mol. The Kier molecular flexibility index (Phi) is 2.77. The number of imidazole rings is 1. The molecule has 5 heteroatoms. The van der Waals surface area contributed by atoms with Gasteiger partial charge in [-0.05, 0) is 30.3 Å². The quantitative estimate of drug-likeness (QED) is 0.721. The molecular formula is C15H12N4O. The Labute approximate surface area is 115 Å². The Hall–Kier alpha value is -3.00. The maximum absolute atomic E-state index is 9.16. The molecule has 0 bridgehead atoms. The summed E-state index contributed by atoms with van der Waals surface area (Å²) in [7, 11) is 1.57. The molecule has 98 valence electrons. The van der Waals surface area contributed by atoms with Gasteiger partial charge in [0.2, 0.25) is 0 Å². The molecule has 0 aliphatic heterocycles. The van der Waals surface area contributed by atoms with Crippen molar-refractivity contribution >= 4 is 11.2 Å². The van der Waals surface area contributed by atoms with Gasteiger partial charge in [0.15, 0.2) is 5.69 Å². The summed E-state index contributed by atoms with van der Waals surface area (Å²) < 4.78 is 7.02. The monoisotopic (exact) mass is 264 g/mol. The van der Waals surface area contributed by atoms with Crippen molar-refractivity contribution in [2.24, 2.45) is 0 Å². The minimum atomic E-state index is 0.398. The van der Waals surface area contributed by atoms with Gasteiger partial charge in [-0.2, -0.15) is 5.26 Å². The molecule has 0 atom stereocenters. The second kappa shape index (κ2) is 4.59. The first kappa shape index (κ1) is 12.1. The number of ether oxygens (including phenoxy) is 1. The van der Waals surface area contributed by atoms with Gasteiger partial charge >= 0.3 is 0 Å². The van der Waals surface area contributed by atoms with Crippen LogP contribution in [0.15, 0.2) is 42.6 Å². The maximum Gasteiger partial charge on any atom is 0.166 e. The van der Waals surface area contributed by atoms with Gasteiger partial charge < -0.3 is 10.5 Å². The van der Waals surface area contributed by atoms with Crippen molar-refractivity contribution in [3.8, 4) is 23.2 Å². The molecule has 3 aromatic rings. The minimum Gasteiger partial charge on any atom is -0.495 e. The second-order valence-corrected chi connectivity index (χ2v) is 4.31. The van der Waals surface area contributed by atoms with E-state index in [2.05, 4.69) is 11.1 Å². The van der Waals surface area contributed by atoms with Crippen LogP contribution in [0.3, 0.4) is 0 Å². The Balaban J connectivity index is 2.25. The number of hydrogen-bond acceptors (Lipinski definition) is 4. The zero-order valence-electron chi connectivity index (χ0n) is 10.9. The lowest BCUT2D eigenvalue weighted by Crippen LogP contribution is -1.94. The lowest BCUT2D eigenvalue weighted by molar-refractivity contribution is 0.417. The van der Waals surface area contributed by atoms with Gasteiger partial charge in [0.1, 0.15) is 17.6 Å². The number of nitrogens with zero attached hydrogens (tertiary/aromatic N) is 3. The van der Waals surface area contributed by atoms with Gasteiger partial charge in [0, 0.05) is 11.8 Å². The number of rotatable bonds is 2. The third kappa shape index (κ3) is 1.75. The number of pyridine rings is 1. The molecule has 0 aliphatic rings. The van der Waals surface area contributed by atoms with Crippen molar-refractivity contribution in [3.63, 3.8) is 0 Å². The molecule has 0 saturated carbocycles. The van der Waals surface area contributed by atoms with E-state index in [0.717, 1.165) is 11.1 Å². The number of fused-ring (bicyclic) bond motifs is 1. The van der Waals surface area contributed by atoms with Crippen LogP contribution in [0.2, 0.25) is 0 Å². The highest BCUT2D eigenvalue weighted by molar-refractivity contribution is 5.72. The second-order valence-electron chi connectivity index (χ2n) is 4.31. The van der Waals surface area contributed by atoms with Crippen molar-refractivity contribution in [1.82, 2.24) is 9.38 Å². The molecule has 3 rings (SSSR count). The summed E-state index contributed by atoms with van der Waals surface area (Å²) in [5.41, 5.74) is 8.48. The number of nitrogen functional groups attached to an aromatic ring is 1. The summed E-state index contributed by atoms with van der Waals surface area (Å²) in [5.74, 6) is 1.31. The molecule has 2 aromatic heterocycles. The number of nitrogens with two attached hydrogens (primary N) is 1. The van der Waals surface area contributed by atoms with E-state index in [1.54, 1.807) is 19.2 Å². The maximum atomic E-state index is 9.16. The molecule has 20 heavy (non-hydrogen) atoms. The third-order valence-corrected chi connectivity index (χ3v) is 3.14. The fraction of sp³-hybridized carbons (Fsp3) is 0.0667. The topological polar surface area (TPSA) is 76.3 Å². The van der Waals surface area contributed by atoms with Gasteiger partial charge in [-0.15, -0.1) is 0 Å². The van der Waals surface area contributed by atoms with E-state index in [9.17, 15) is 0 Å². The molecule has 0 fully saturated rings. The lowest BCUT2D eigenvalue weighted by atomic mass is 10.2. The van der Waals surface area contributed by atoms with Crippen molar-refractivity contribution in [1.29, 1.82) is 5.26 Å². The highest BCUT2D eigenvalue weighted by atomic mass is 16.5. The molecule has 2 N–H and O–H groups in total. The Bertz CT molecular complexity index is 829. The summed E-state index contributed by atoms with van der Waals surface area (Å²) in [6.07, 6.45) is 1.87. The smallest absolute Gasteiger partial charge is 0.166 e.